The lowest BCUT2D eigenvalue weighted by Gasteiger charge is -2.21. The lowest BCUT2D eigenvalue weighted by atomic mass is 9.99. The molecule has 3 N–H and O–H groups in total. The minimum atomic E-state index is -4.97. The van der Waals surface area contributed by atoms with E-state index >= 15 is 0 Å². The molecule has 0 saturated heterocycles. The average molecular weight is 1590 g/mol. The Morgan fingerprint density at radius 1 is 0.266 bits per heavy atom. The normalized spacial score (nSPS) is 14.3. The van der Waals surface area contributed by atoms with Crippen LogP contribution in [0.4, 0.5) is 0 Å². The van der Waals surface area contributed by atoms with Crippen LogP contribution in [-0.2, 0) is 65.4 Å². The van der Waals surface area contributed by atoms with Crippen LogP contribution in [0.1, 0.15) is 479 Å². The molecule has 7 atom stereocenters. The number of esters is 4. The van der Waals surface area contributed by atoms with E-state index in [0.717, 1.165) is 108 Å². The van der Waals surface area contributed by atoms with E-state index in [2.05, 4.69) is 48.5 Å². The molecule has 0 aromatic carbocycles. The smallest absolute Gasteiger partial charge is 0.462 e. The van der Waals surface area contributed by atoms with Crippen LogP contribution in [0.5, 0.6) is 0 Å². The van der Waals surface area contributed by atoms with Gasteiger partial charge in [0.05, 0.1) is 26.4 Å². The second-order valence-electron chi connectivity index (χ2n) is 33.3. The number of hydrogen-bond donors (Lipinski definition) is 3. The largest absolute Gasteiger partial charge is 0.472 e. The van der Waals surface area contributed by atoms with Crippen molar-refractivity contribution in [1.82, 2.24) is 0 Å². The zero-order valence-electron chi connectivity index (χ0n) is 72.0. The predicted octanol–water partition coefficient (Wildman–Crippen LogP) is 27.6. The number of aliphatic hydroxyl groups excluding tert-OH is 1. The van der Waals surface area contributed by atoms with E-state index in [-0.39, 0.29) is 25.7 Å². The number of carbonyl (C=O) groups is 4. The van der Waals surface area contributed by atoms with Crippen molar-refractivity contribution in [1.29, 1.82) is 0 Å². The molecule has 0 spiro atoms. The second-order valence-corrected chi connectivity index (χ2v) is 36.2. The van der Waals surface area contributed by atoms with Gasteiger partial charge in [0.15, 0.2) is 12.2 Å². The van der Waals surface area contributed by atoms with E-state index in [1.807, 2.05) is 0 Å². The van der Waals surface area contributed by atoms with E-state index in [1.165, 1.54) is 289 Å². The molecular weight excluding hydrogens is 1410 g/mol. The molecule has 0 fully saturated rings. The Morgan fingerprint density at radius 2 is 0.468 bits per heavy atom. The molecule has 0 bridgehead atoms. The van der Waals surface area contributed by atoms with Crippen LogP contribution in [0.15, 0.2) is 0 Å². The molecule has 0 amide bonds. The molecule has 648 valence electrons. The Balaban J connectivity index is 5.25. The molecule has 0 aromatic rings. The van der Waals surface area contributed by atoms with E-state index < -0.39 is 97.5 Å². The van der Waals surface area contributed by atoms with E-state index in [9.17, 15) is 43.2 Å². The van der Waals surface area contributed by atoms with Crippen molar-refractivity contribution >= 4 is 39.5 Å². The molecular formula is C90H176O17P2. The lowest BCUT2D eigenvalue weighted by Crippen LogP contribution is -2.30. The summed E-state index contributed by atoms with van der Waals surface area (Å²) in [6, 6.07) is 0. The van der Waals surface area contributed by atoms with Crippen molar-refractivity contribution < 1.29 is 80.2 Å². The van der Waals surface area contributed by atoms with Crippen LogP contribution in [0.3, 0.4) is 0 Å². The molecule has 109 heavy (non-hydrogen) atoms. The molecule has 19 heteroatoms. The summed E-state index contributed by atoms with van der Waals surface area (Å²) in [4.78, 5) is 73.4. The summed E-state index contributed by atoms with van der Waals surface area (Å²) in [5.74, 6) is 0.362. The van der Waals surface area contributed by atoms with E-state index in [4.69, 9.17) is 37.0 Å². The average Bonchev–Trinajstić information content (AvgIpc) is 0.904. The Labute approximate surface area is 670 Å². The molecule has 0 aliphatic carbocycles. The number of unbranched alkanes of at least 4 members (excludes halogenated alkanes) is 54. The Bertz CT molecular complexity index is 2100. The Kier molecular flexibility index (Phi) is 78.5. The Morgan fingerprint density at radius 3 is 0.697 bits per heavy atom. The third kappa shape index (κ3) is 81.0. The summed E-state index contributed by atoms with van der Waals surface area (Å²) in [6.45, 7) is 12.1. The highest BCUT2D eigenvalue weighted by Crippen LogP contribution is 2.45. The molecule has 0 aliphatic heterocycles. The van der Waals surface area contributed by atoms with Gasteiger partial charge >= 0.3 is 39.5 Å². The number of aliphatic hydroxyl groups is 1. The topological polar surface area (TPSA) is 237 Å². The summed E-state index contributed by atoms with van der Waals surface area (Å²) in [5, 5.41) is 10.7. The standard InChI is InChI=1S/C90H176O17P2/c1-8-11-12-13-14-15-16-17-18-27-33-38-43-52-59-66-73-90(95)107-86(78-101-88(93)72-65-58-51-46-45-49-56-63-70-83(7)10-3)80-105-109(98,99)103-76-84(91)75-102-108(96,97)104-79-85(77-100-87(92)71-64-57-50-42-37-32-28-24-23-25-30-35-40-47-54-61-68-81(4)5)106-89(94)74-67-60-53-44-39-34-29-22-20-19-21-26-31-36-41-48-55-62-69-82(6)9-2/h81-86,91H,8-80H2,1-7H3,(H,96,97)(H,98,99)/t82?,83?,84-,85-,86-/m1/s1. The van der Waals surface area contributed by atoms with E-state index in [0.29, 0.717) is 25.7 Å². The molecule has 0 saturated carbocycles. The van der Waals surface area contributed by atoms with Crippen LogP contribution < -0.4 is 0 Å². The van der Waals surface area contributed by atoms with Crippen molar-refractivity contribution in [2.75, 3.05) is 39.6 Å². The van der Waals surface area contributed by atoms with Gasteiger partial charge in [-0.05, 0) is 43.4 Å². The molecule has 0 rings (SSSR count). The lowest BCUT2D eigenvalue weighted by molar-refractivity contribution is -0.161. The van der Waals surface area contributed by atoms with Gasteiger partial charge in [-0.25, -0.2) is 9.13 Å². The van der Waals surface area contributed by atoms with Gasteiger partial charge in [-0.15, -0.1) is 0 Å². The zero-order valence-corrected chi connectivity index (χ0v) is 73.8. The first-order chi connectivity index (χ1) is 52.8. The first-order valence-corrected chi connectivity index (χ1v) is 49.4. The number of hydrogen-bond acceptors (Lipinski definition) is 15. The van der Waals surface area contributed by atoms with Crippen LogP contribution >= 0.6 is 15.6 Å². The second kappa shape index (κ2) is 79.9. The third-order valence-corrected chi connectivity index (χ3v) is 23.8. The quantitative estimate of drug-likeness (QED) is 0.0222. The predicted molar refractivity (Wildman–Crippen MR) is 451 cm³/mol. The summed E-state index contributed by atoms with van der Waals surface area (Å²) in [7, 11) is -9.94. The molecule has 0 aromatic heterocycles. The van der Waals surface area contributed by atoms with Gasteiger partial charge in [-0.2, -0.15) is 0 Å². The van der Waals surface area contributed by atoms with Crippen LogP contribution in [0, 0.1) is 17.8 Å². The fourth-order valence-corrected chi connectivity index (χ4v) is 15.6. The van der Waals surface area contributed by atoms with Crippen molar-refractivity contribution in [3.8, 4) is 0 Å². The van der Waals surface area contributed by atoms with Gasteiger partial charge in [0, 0.05) is 25.7 Å². The van der Waals surface area contributed by atoms with Crippen LogP contribution in [0.2, 0.25) is 0 Å². The molecule has 17 nitrogen and oxygen atoms in total. The van der Waals surface area contributed by atoms with Crippen molar-refractivity contribution in [3.63, 3.8) is 0 Å². The summed E-state index contributed by atoms with van der Waals surface area (Å²) in [5.41, 5.74) is 0. The maximum Gasteiger partial charge on any atom is 0.472 e. The Hall–Kier alpha value is -1.94. The highest BCUT2D eigenvalue weighted by molar-refractivity contribution is 7.47. The fraction of sp³-hybridized carbons (Fsp3) is 0.956. The van der Waals surface area contributed by atoms with Gasteiger partial charge in [0.25, 0.3) is 0 Å². The number of rotatable bonds is 88. The van der Waals surface area contributed by atoms with Crippen molar-refractivity contribution in [2.45, 2.75) is 497 Å². The number of phosphoric acid groups is 2. The van der Waals surface area contributed by atoms with Gasteiger partial charge in [0.1, 0.15) is 19.3 Å². The van der Waals surface area contributed by atoms with Gasteiger partial charge in [-0.1, -0.05) is 427 Å². The molecule has 0 radical (unpaired) electrons. The van der Waals surface area contributed by atoms with E-state index in [1.54, 1.807) is 0 Å². The van der Waals surface area contributed by atoms with Crippen molar-refractivity contribution in [3.05, 3.63) is 0 Å². The number of phosphoric ester groups is 2. The molecule has 0 aliphatic rings. The summed E-state index contributed by atoms with van der Waals surface area (Å²) < 4.78 is 69.0. The first-order valence-electron chi connectivity index (χ1n) is 46.4. The SMILES string of the molecule is CCCCCCCCCCCCCCCCCCC(=O)O[C@H](COC(=O)CCCCCCCCCCC(C)CC)COP(=O)(O)OC[C@H](O)COP(=O)(O)OC[C@@H](COC(=O)CCCCCCCCCCCCCCCCCCC(C)C)OC(=O)CCCCCCCCCCCCCCCCCCCCC(C)CC. The molecule has 4 unspecified atom stereocenters. The van der Waals surface area contributed by atoms with Crippen LogP contribution in [-0.4, -0.2) is 96.7 Å². The maximum absolute atomic E-state index is 13.2. The highest BCUT2D eigenvalue weighted by Gasteiger charge is 2.31. The minimum Gasteiger partial charge on any atom is -0.462 e. The van der Waals surface area contributed by atoms with Crippen LogP contribution in [0.25, 0.3) is 0 Å². The van der Waals surface area contributed by atoms with Gasteiger partial charge in [0.2, 0.25) is 0 Å². The maximum atomic E-state index is 13.2. The highest BCUT2D eigenvalue weighted by atomic mass is 31.2. The van der Waals surface area contributed by atoms with Gasteiger partial charge in [-0.3, -0.25) is 37.3 Å². The summed E-state index contributed by atoms with van der Waals surface area (Å²) >= 11 is 0. The minimum absolute atomic E-state index is 0.108. The number of carbonyl (C=O) groups excluding carboxylic acids is 4. The van der Waals surface area contributed by atoms with Gasteiger partial charge < -0.3 is 33.8 Å². The monoisotopic (exact) mass is 1590 g/mol. The molecule has 0 heterocycles. The number of ether oxygens (including phenoxy) is 4. The fourth-order valence-electron chi connectivity index (χ4n) is 14.0. The van der Waals surface area contributed by atoms with Crippen molar-refractivity contribution in [2.24, 2.45) is 17.8 Å². The first kappa shape index (κ1) is 107. The third-order valence-electron chi connectivity index (χ3n) is 21.9. The zero-order chi connectivity index (χ0) is 80.0. The summed E-state index contributed by atoms with van der Waals surface area (Å²) in [6.07, 6.45) is 72.1.